The number of rotatable bonds is 5. The maximum Gasteiger partial charge on any atom is 0.226 e. The highest BCUT2D eigenvalue weighted by Gasteiger charge is 2.07. The number of hydrogen-bond donors (Lipinski definition) is 1. The highest BCUT2D eigenvalue weighted by molar-refractivity contribution is 7.13. The number of carbonyl (C=O) groups is 1. The molecule has 0 unspecified atom stereocenters. The standard InChI is InChI=1S/C14H13N5OS/c20-13(17-14-18-15-10-21-14)7-6-11-8-16-19(9-11)12-4-2-1-3-5-12/h1-5,8-10H,6-7H2,(H,17,18,20). The molecule has 0 spiro atoms. The van der Waals surface area contributed by atoms with E-state index in [-0.39, 0.29) is 5.91 Å². The molecule has 0 saturated carbocycles. The molecule has 7 heteroatoms. The fourth-order valence-electron chi connectivity index (χ4n) is 1.88. The summed E-state index contributed by atoms with van der Waals surface area (Å²) in [4.78, 5) is 11.8. The number of para-hydroxylation sites is 1. The molecule has 2 aromatic heterocycles. The molecule has 0 aliphatic carbocycles. The van der Waals surface area contributed by atoms with Crippen molar-refractivity contribution in [2.45, 2.75) is 12.8 Å². The van der Waals surface area contributed by atoms with Crippen LogP contribution in [0.15, 0.2) is 48.2 Å². The topological polar surface area (TPSA) is 72.7 Å². The molecular weight excluding hydrogens is 286 g/mol. The second-order valence-corrected chi connectivity index (χ2v) is 5.25. The van der Waals surface area contributed by atoms with Crippen molar-refractivity contribution < 1.29 is 4.79 Å². The van der Waals surface area contributed by atoms with Crippen LogP contribution in [0.3, 0.4) is 0 Å². The SMILES string of the molecule is O=C(CCc1cnn(-c2ccccc2)c1)Nc1nncs1. The van der Waals surface area contributed by atoms with Crippen LogP contribution in [0.1, 0.15) is 12.0 Å². The van der Waals surface area contributed by atoms with E-state index in [1.807, 2.05) is 36.5 Å². The summed E-state index contributed by atoms with van der Waals surface area (Å²) in [6.07, 6.45) is 4.75. The van der Waals surface area contributed by atoms with E-state index in [1.54, 1.807) is 16.4 Å². The summed E-state index contributed by atoms with van der Waals surface area (Å²) in [6, 6.07) is 9.86. The molecule has 6 nitrogen and oxygen atoms in total. The lowest BCUT2D eigenvalue weighted by Gasteiger charge is -2.00. The Hall–Kier alpha value is -2.54. The first-order valence-electron chi connectivity index (χ1n) is 6.46. The zero-order chi connectivity index (χ0) is 14.5. The van der Waals surface area contributed by atoms with Crippen molar-refractivity contribution in [2.75, 3.05) is 5.32 Å². The molecule has 0 aliphatic heterocycles. The van der Waals surface area contributed by atoms with Gasteiger partial charge in [-0.3, -0.25) is 4.79 Å². The largest absolute Gasteiger partial charge is 0.301 e. The van der Waals surface area contributed by atoms with Gasteiger partial charge in [0.1, 0.15) is 5.51 Å². The quantitative estimate of drug-likeness (QED) is 0.784. The molecule has 2 heterocycles. The Labute approximate surface area is 125 Å². The lowest BCUT2D eigenvalue weighted by Crippen LogP contribution is -2.12. The van der Waals surface area contributed by atoms with E-state index < -0.39 is 0 Å². The predicted molar refractivity (Wildman–Crippen MR) is 80.4 cm³/mol. The van der Waals surface area contributed by atoms with Gasteiger partial charge in [0.15, 0.2) is 0 Å². The zero-order valence-electron chi connectivity index (χ0n) is 11.1. The van der Waals surface area contributed by atoms with E-state index in [2.05, 4.69) is 20.6 Å². The van der Waals surface area contributed by atoms with Gasteiger partial charge < -0.3 is 5.32 Å². The summed E-state index contributed by atoms with van der Waals surface area (Å²) in [5, 5.41) is 15.0. The Kier molecular flexibility index (Phi) is 4.02. The number of benzene rings is 1. The number of anilines is 1. The summed E-state index contributed by atoms with van der Waals surface area (Å²) in [5.74, 6) is -0.0702. The van der Waals surface area contributed by atoms with Crippen molar-refractivity contribution in [3.05, 3.63) is 53.8 Å². The molecule has 3 rings (SSSR count). The molecule has 1 N–H and O–H groups in total. The Morgan fingerprint density at radius 3 is 2.90 bits per heavy atom. The molecule has 0 aliphatic rings. The average molecular weight is 299 g/mol. The Balaban J connectivity index is 1.56. The highest BCUT2D eigenvalue weighted by atomic mass is 32.1. The monoisotopic (exact) mass is 299 g/mol. The summed E-state index contributed by atoms with van der Waals surface area (Å²) >= 11 is 1.30. The van der Waals surface area contributed by atoms with Gasteiger partial charge in [0.25, 0.3) is 0 Å². The van der Waals surface area contributed by atoms with Crippen LogP contribution < -0.4 is 5.32 Å². The van der Waals surface area contributed by atoms with Gasteiger partial charge in [-0.1, -0.05) is 29.5 Å². The fourth-order valence-corrected chi connectivity index (χ4v) is 2.34. The third-order valence-corrected chi connectivity index (χ3v) is 3.51. The van der Waals surface area contributed by atoms with Gasteiger partial charge in [-0.2, -0.15) is 5.10 Å². The van der Waals surface area contributed by atoms with Crippen LogP contribution in [0.25, 0.3) is 5.69 Å². The number of aromatic nitrogens is 4. The molecular formula is C14H13N5OS. The zero-order valence-corrected chi connectivity index (χ0v) is 12.0. The minimum atomic E-state index is -0.0702. The molecule has 0 bridgehead atoms. The van der Waals surface area contributed by atoms with Crippen LogP contribution in [0, 0.1) is 0 Å². The van der Waals surface area contributed by atoms with Crippen LogP contribution in [0.5, 0.6) is 0 Å². The predicted octanol–water partition coefficient (Wildman–Crippen LogP) is 2.30. The Bertz CT molecular complexity index is 708. The molecule has 0 fully saturated rings. The van der Waals surface area contributed by atoms with Crippen LogP contribution in [0.2, 0.25) is 0 Å². The van der Waals surface area contributed by atoms with Crippen LogP contribution in [0.4, 0.5) is 5.13 Å². The highest BCUT2D eigenvalue weighted by Crippen LogP contribution is 2.11. The van der Waals surface area contributed by atoms with Crippen molar-refractivity contribution in [1.29, 1.82) is 0 Å². The Morgan fingerprint density at radius 2 is 2.14 bits per heavy atom. The van der Waals surface area contributed by atoms with E-state index in [1.165, 1.54) is 11.3 Å². The van der Waals surface area contributed by atoms with Crippen molar-refractivity contribution in [3.63, 3.8) is 0 Å². The first-order valence-corrected chi connectivity index (χ1v) is 7.34. The molecule has 1 amide bonds. The van der Waals surface area contributed by atoms with Crippen molar-refractivity contribution >= 4 is 22.4 Å². The molecule has 1 aromatic carbocycles. The molecule has 21 heavy (non-hydrogen) atoms. The number of carbonyl (C=O) groups excluding carboxylic acids is 1. The van der Waals surface area contributed by atoms with Crippen LogP contribution >= 0.6 is 11.3 Å². The molecule has 0 atom stereocenters. The average Bonchev–Trinajstić information content (AvgIpc) is 3.17. The second kappa shape index (κ2) is 6.27. The van der Waals surface area contributed by atoms with Gasteiger partial charge in [-0.05, 0) is 24.1 Å². The minimum Gasteiger partial charge on any atom is -0.301 e. The van der Waals surface area contributed by atoms with E-state index in [0.29, 0.717) is 18.0 Å². The maximum absolute atomic E-state index is 11.8. The lowest BCUT2D eigenvalue weighted by molar-refractivity contribution is -0.116. The van der Waals surface area contributed by atoms with Gasteiger partial charge >= 0.3 is 0 Å². The number of amides is 1. The van der Waals surface area contributed by atoms with Gasteiger partial charge in [0.05, 0.1) is 11.9 Å². The fraction of sp³-hybridized carbons (Fsp3) is 0.143. The summed E-state index contributed by atoms with van der Waals surface area (Å²) < 4.78 is 1.80. The van der Waals surface area contributed by atoms with Crippen LogP contribution in [-0.2, 0) is 11.2 Å². The van der Waals surface area contributed by atoms with Gasteiger partial charge in [0, 0.05) is 12.6 Å². The molecule has 0 radical (unpaired) electrons. The molecule has 3 aromatic rings. The summed E-state index contributed by atoms with van der Waals surface area (Å²) in [7, 11) is 0. The molecule has 106 valence electrons. The maximum atomic E-state index is 11.8. The van der Waals surface area contributed by atoms with E-state index >= 15 is 0 Å². The number of nitrogens with zero attached hydrogens (tertiary/aromatic N) is 4. The first kappa shape index (κ1) is 13.4. The van der Waals surface area contributed by atoms with Gasteiger partial charge in [0.2, 0.25) is 11.0 Å². The lowest BCUT2D eigenvalue weighted by atomic mass is 10.2. The van der Waals surface area contributed by atoms with Gasteiger partial charge in [-0.15, -0.1) is 10.2 Å². The van der Waals surface area contributed by atoms with E-state index in [4.69, 9.17) is 0 Å². The summed E-state index contributed by atoms with van der Waals surface area (Å²) in [5.41, 5.74) is 3.60. The van der Waals surface area contributed by atoms with Crippen molar-refractivity contribution in [3.8, 4) is 5.69 Å². The Morgan fingerprint density at radius 1 is 1.29 bits per heavy atom. The number of nitrogens with one attached hydrogen (secondary N) is 1. The van der Waals surface area contributed by atoms with Crippen molar-refractivity contribution in [2.24, 2.45) is 0 Å². The first-order chi connectivity index (χ1) is 10.3. The smallest absolute Gasteiger partial charge is 0.226 e. The van der Waals surface area contributed by atoms with E-state index in [9.17, 15) is 4.79 Å². The summed E-state index contributed by atoms with van der Waals surface area (Å²) in [6.45, 7) is 0. The normalized spacial score (nSPS) is 10.5. The number of aryl methyl sites for hydroxylation is 1. The molecule has 0 saturated heterocycles. The third-order valence-electron chi connectivity index (χ3n) is 2.90. The minimum absolute atomic E-state index is 0.0702. The van der Waals surface area contributed by atoms with Gasteiger partial charge in [-0.25, -0.2) is 4.68 Å². The second-order valence-electron chi connectivity index (χ2n) is 4.42. The van der Waals surface area contributed by atoms with Crippen molar-refractivity contribution in [1.82, 2.24) is 20.0 Å². The third kappa shape index (κ3) is 3.51. The number of hydrogen-bond acceptors (Lipinski definition) is 5. The van der Waals surface area contributed by atoms with E-state index in [0.717, 1.165) is 11.3 Å². The van der Waals surface area contributed by atoms with Crippen LogP contribution in [-0.4, -0.2) is 25.9 Å².